The first-order chi connectivity index (χ1) is 13.6. The van der Waals surface area contributed by atoms with Crippen LogP contribution in [0.1, 0.15) is 23.9 Å². The molecule has 0 atom stereocenters. The standard InChI is InChI=1S/C20H23N5O3/c1-4-27-17-7-9-18(10-8-17)28-13-20(26)21-12-19-22-23-24-25(19)16-6-5-14(2)15(3)11-16/h5-11H,4,12-13H2,1-3H3,(H,21,26). The van der Waals surface area contributed by atoms with Gasteiger partial charge in [0.15, 0.2) is 12.4 Å². The molecule has 1 aromatic heterocycles. The van der Waals surface area contributed by atoms with Crippen LogP contribution in [-0.4, -0.2) is 39.3 Å². The van der Waals surface area contributed by atoms with Gasteiger partial charge in [-0.3, -0.25) is 4.79 Å². The van der Waals surface area contributed by atoms with E-state index in [1.807, 2.05) is 39.0 Å². The molecule has 2 aromatic carbocycles. The molecule has 1 heterocycles. The summed E-state index contributed by atoms with van der Waals surface area (Å²) < 4.78 is 12.5. The summed E-state index contributed by atoms with van der Waals surface area (Å²) in [5.41, 5.74) is 3.19. The predicted molar refractivity (Wildman–Crippen MR) is 104 cm³/mol. The van der Waals surface area contributed by atoms with Gasteiger partial charge in [0.2, 0.25) is 0 Å². The molecular formula is C20H23N5O3. The fourth-order valence-corrected chi connectivity index (χ4v) is 2.55. The molecule has 0 saturated carbocycles. The van der Waals surface area contributed by atoms with Gasteiger partial charge < -0.3 is 14.8 Å². The number of hydrogen-bond acceptors (Lipinski definition) is 6. The lowest BCUT2D eigenvalue weighted by Gasteiger charge is -2.09. The summed E-state index contributed by atoms with van der Waals surface area (Å²) in [6.45, 7) is 6.70. The number of carbonyl (C=O) groups excluding carboxylic acids is 1. The van der Waals surface area contributed by atoms with Crippen LogP contribution in [0.5, 0.6) is 11.5 Å². The van der Waals surface area contributed by atoms with Crippen LogP contribution in [0.2, 0.25) is 0 Å². The van der Waals surface area contributed by atoms with E-state index in [-0.39, 0.29) is 19.1 Å². The van der Waals surface area contributed by atoms with Crippen molar-refractivity contribution in [3.8, 4) is 17.2 Å². The molecule has 0 radical (unpaired) electrons. The summed E-state index contributed by atoms with van der Waals surface area (Å²) in [6, 6.07) is 13.1. The van der Waals surface area contributed by atoms with Crippen molar-refractivity contribution >= 4 is 5.91 Å². The molecule has 0 bridgehead atoms. The molecule has 3 rings (SSSR count). The SMILES string of the molecule is CCOc1ccc(OCC(=O)NCc2nnnn2-c2ccc(C)c(C)c2)cc1. The molecule has 146 valence electrons. The second-order valence-electron chi connectivity index (χ2n) is 6.25. The Morgan fingerprint density at radius 3 is 2.43 bits per heavy atom. The van der Waals surface area contributed by atoms with Crippen LogP contribution in [0.25, 0.3) is 5.69 Å². The summed E-state index contributed by atoms with van der Waals surface area (Å²) in [4.78, 5) is 12.1. The highest BCUT2D eigenvalue weighted by Gasteiger charge is 2.11. The second kappa shape index (κ2) is 8.98. The first-order valence-corrected chi connectivity index (χ1v) is 9.04. The zero-order valence-electron chi connectivity index (χ0n) is 16.2. The van der Waals surface area contributed by atoms with Gasteiger partial charge in [0.05, 0.1) is 18.8 Å². The van der Waals surface area contributed by atoms with E-state index in [1.165, 1.54) is 5.56 Å². The monoisotopic (exact) mass is 381 g/mol. The normalized spacial score (nSPS) is 10.5. The first-order valence-electron chi connectivity index (χ1n) is 9.04. The molecule has 0 aliphatic rings. The molecule has 28 heavy (non-hydrogen) atoms. The van der Waals surface area contributed by atoms with Gasteiger partial charge in [0.1, 0.15) is 11.5 Å². The number of benzene rings is 2. The third-order valence-corrected chi connectivity index (χ3v) is 4.22. The van der Waals surface area contributed by atoms with Crippen molar-refractivity contribution in [3.63, 3.8) is 0 Å². The van der Waals surface area contributed by atoms with Crippen molar-refractivity contribution in [3.05, 3.63) is 59.4 Å². The van der Waals surface area contributed by atoms with E-state index in [1.54, 1.807) is 28.9 Å². The van der Waals surface area contributed by atoms with Gasteiger partial charge in [-0.15, -0.1) is 5.10 Å². The van der Waals surface area contributed by atoms with Crippen LogP contribution < -0.4 is 14.8 Å². The van der Waals surface area contributed by atoms with E-state index in [9.17, 15) is 4.79 Å². The maximum absolute atomic E-state index is 12.1. The highest BCUT2D eigenvalue weighted by molar-refractivity contribution is 5.77. The van der Waals surface area contributed by atoms with Gasteiger partial charge >= 0.3 is 0 Å². The number of tetrazole rings is 1. The number of amides is 1. The smallest absolute Gasteiger partial charge is 0.258 e. The van der Waals surface area contributed by atoms with Crippen molar-refractivity contribution in [2.45, 2.75) is 27.3 Å². The minimum atomic E-state index is -0.261. The fourth-order valence-electron chi connectivity index (χ4n) is 2.55. The third-order valence-electron chi connectivity index (χ3n) is 4.22. The minimum Gasteiger partial charge on any atom is -0.494 e. The number of aromatic nitrogens is 4. The summed E-state index contributed by atoms with van der Waals surface area (Å²) in [7, 11) is 0. The van der Waals surface area contributed by atoms with E-state index in [0.29, 0.717) is 18.2 Å². The molecule has 0 unspecified atom stereocenters. The maximum atomic E-state index is 12.1. The van der Waals surface area contributed by atoms with Crippen LogP contribution in [0, 0.1) is 13.8 Å². The van der Waals surface area contributed by atoms with Crippen LogP contribution in [-0.2, 0) is 11.3 Å². The van der Waals surface area contributed by atoms with Gasteiger partial charge in [-0.25, -0.2) is 0 Å². The number of nitrogens with zero attached hydrogens (tertiary/aromatic N) is 4. The lowest BCUT2D eigenvalue weighted by Crippen LogP contribution is -2.29. The average molecular weight is 381 g/mol. The zero-order valence-corrected chi connectivity index (χ0v) is 16.2. The summed E-state index contributed by atoms with van der Waals surface area (Å²) in [5, 5.41) is 14.5. The lowest BCUT2D eigenvalue weighted by atomic mass is 10.1. The van der Waals surface area contributed by atoms with E-state index in [4.69, 9.17) is 9.47 Å². The molecular weight excluding hydrogens is 358 g/mol. The number of rotatable bonds is 8. The Hall–Kier alpha value is -3.42. The summed E-state index contributed by atoms with van der Waals surface area (Å²) in [6.07, 6.45) is 0. The highest BCUT2D eigenvalue weighted by atomic mass is 16.5. The lowest BCUT2D eigenvalue weighted by molar-refractivity contribution is -0.123. The molecule has 8 heteroatoms. The van der Waals surface area contributed by atoms with E-state index >= 15 is 0 Å². The van der Waals surface area contributed by atoms with Crippen molar-refractivity contribution in [2.75, 3.05) is 13.2 Å². The van der Waals surface area contributed by atoms with Crippen LogP contribution in [0.3, 0.4) is 0 Å². The van der Waals surface area contributed by atoms with Crippen molar-refractivity contribution < 1.29 is 14.3 Å². The second-order valence-corrected chi connectivity index (χ2v) is 6.25. The molecule has 0 spiro atoms. The third kappa shape index (κ3) is 4.85. The van der Waals surface area contributed by atoms with Gasteiger partial charge in [-0.2, -0.15) is 4.68 Å². The Bertz CT molecular complexity index is 937. The van der Waals surface area contributed by atoms with E-state index in [2.05, 4.69) is 20.8 Å². The minimum absolute atomic E-state index is 0.0980. The van der Waals surface area contributed by atoms with Gasteiger partial charge in [0, 0.05) is 0 Å². The Kier molecular flexibility index (Phi) is 6.21. The number of ether oxygens (including phenoxy) is 2. The molecule has 0 aliphatic carbocycles. The fraction of sp³-hybridized carbons (Fsp3) is 0.300. The Labute approximate surface area is 163 Å². The Morgan fingerprint density at radius 2 is 1.75 bits per heavy atom. The quantitative estimate of drug-likeness (QED) is 0.644. The zero-order chi connectivity index (χ0) is 19.9. The van der Waals surface area contributed by atoms with Gasteiger partial charge in [-0.05, 0) is 78.7 Å². The molecule has 8 nitrogen and oxygen atoms in total. The molecule has 1 amide bonds. The van der Waals surface area contributed by atoms with Gasteiger partial charge in [0.25, 0.3) is 5.91 Å². The van der Waals surface area contributed by atoms with E-state index in [0.717, 1.165) is 17.0 Å². The number of carbonyl (C=O) groups is 1. The predicted octanol–water partition coefficient (Wildman–Crippen LogP) is 2.37. The molecule has 0 saturated heterocycles. The summed E-state index contributed by atoms with van der Waals surface area (Å²) in [5.74, 6) is 1.64. The molecule has 0 fully saturated rings. The van der Waals surface area contributed by atoms with E-state index < -0.39 is 0 Å². The van der Waals surface area contributed by atoms with Crippen LogP contribution in [0.15, 0.2) is 42.5 Å². The molecule has 0 aliphatic heterocycles. The van der Waals surface area contributed by atoms with Crippen molar-refractivity contribution in [1.29, 1.82) is 0 Å². The van der Waals surface area contributed by atoms with Gasteiger partial charge in [-0.1, -0.05) is 6.07 Å². The van der Waals surface area contributed by atoms with Crippen molar-refractivity contribution in [2.24, 2.45) is 0 Å². The molecule has 3 aromatic rings. The highest BCUT2D eigenvalue weighted by Crippen LogP contribution is 2.17. The average Bonchev–Trinajstić information content (AvgIpc) is 3.17. The number of nitrogens with one attached hydrogen (secondary N) is 1. The Balaban J connectivity index is 1.54. The number of aryl methyl sites for hydroxylation is 2. The van der Waals surface area contributed by atoms with Crippen LogP contribution in [0.4, 0.5) is 0 Å². The largest absolute Gasteiger partial charge is 0.494 e. The topological polar surface area (TPSA) is 91.2 Å². The van der Waals surface area contributed by atoms with Crippen molar-refractivity contribution in [1.82, 2.24) is 25.5 Å². The Morgan fingerprint density at radius 1 is 1.04 bits per heavy atom. The first kappa shape index (κ1) is 19.3. The maximum Gasteiger partial charge on any atom is 0.258 e. The number of hydrogen-bond donors (Lipinski definition) is 1. The molecule has 1 N–H and O–H groups in total. The van der Waals surface area contributed by atoms with Crippen LogP contribution >= 0.6 is 0 Å². The summed E-state index contributed by atoms with van der Waals surface area (Å²) >= 11 is 0.